The zero-order chi connectivity index (χ0) is 16.4. The van der Waals surface area contributed by atoms with E-state index in [-0.39, 0.29) is 0 Å². The Kier molecular flexibility index (Phi) is 9.62. The molecule has 1 aliphatic rings. The van der Waals surface area contributed by atoms with Crippen LogP contribution in [-0.4, -0.2) is 27.3 Å². The first kappa shape index (κ1) is 19.9. The Labute approximate surface area is 138 Å². The van der Waals surface area contributed by atoms with Crippen molar-refractivity contribution in [2.24, 2.45) is 17.8 Å². The summed E-state index contributed by atoms with van der Waals surface area (Å²) in [5.41, 5.74) is 0. The minimum Gasteiger partial charge on any atom is -0.331 e. The summed E-state index contributed by atoms with van der Waals surface area (Å²) < 4.78 is 17.1. The molecule has 0 aromatic rings. The molecule has 0 bridgehead atoms. The molecule has 132 valence electrons. The zero-order valence-electron chi connectivity index (χ0n) is 15.5. The monoisotopic (exact) mass is 314 g/mol. The van der Waals surface area contributed by atoms with Crippen molar-refractivity contribution in [3.8, 4) is 0 Å². The second kappa shape index (κ2) is 10.6. The molecular formula is C19H38O3. The zero-order valence-corrected chi connectivity index (χ0v) is 15.5. The van der Waals surface area contributed by atoms with Crippen LogP contribution in [0.2, 0.25) is 0 Å². The van der Waals surface area contributed by atoms with Crippen LogP contribution in [0, 0.1) is 17.8 Å². The van der Waals surface area contributed by atoms with Crippen LogP contribution in [0.25, 0.3) is 0 Å². The molecule has 0 heterocycles. The van der Waals surface area contributed by atoms with Crippen molar-refractivity contribution >= 4 is 0 Å². The maximum Gasteiger partial charge on any atom is 0.285 e. The molecule has 0 radical (unpaired) electrons. The van der Waals surface area contributed by atoms with E-state index < -0.39 is 5.97 Å². The SMILES string of the molecule is CCCCCCCCC(C1CCCC1C)C(OC)(OC)OC. The third kappa shape index (κ3) is 5.21. The molecule has 3 atom stereocenters. The Bertz CT molecular complexity index is 268. The van der Waals surface area contributed by atoms with E-state index in [2.05, 4.69) is 13.8 Å². The average Bonchev–Trinajstić information content (AvgIpc) is 2.96. The van der Waals surface area contributed by atoms with Gasteiger partial charge in [-0.2, -0.15) is 0 Å². The Morgan fingerprint density at radius 3 is 2.00 bits per heavy atom. The summed E-state index contributed by atoms with van der Waals surface area (Å²) in [6.45, 7) is 4.64. The second-order valence-corrected chi connectivity index (χ2v) is 6.95. The quantitative estimate of drug-likeness (QED) is 0.357. The minimum absolute atomic E-state index is 0.330. The molecular weight excluding hydrogens is 276 g/mol. The lowest BCUT2D eigenvalue weighted by atomic mass is 9.79. The summed E-state index contributed by atoms with van der Waals surface area (Å²) in [5, 5.41) is 0. The summed E-state index contributed by atoms with van der Waals surface area (Å²) >= 11 is 0. The molecule has 0 aromatic heterocycles. The average molecular weight is 315 g/mol. The maximum absolute atomic E-state index is 5.71. The predicted molar refractivity (Wildman–Crippen MR) is 91.7 cm³/mol. The summed E-state index contributed by atoms with van der Waals surface area (Å²) in [6.07, 6.45) is 13.0. The highest BCUT2D eigenvalue weighted by atomic mass is 16.9. The third-order valence-electron chi connectivity index (χ3n) is 5.62. The Morgan fingerprint density at radius 2 is 1.50 bits per heavy atom. The molecule has 3 nitrogen and oxygen atoms in total. The highest BCUT2D eigenvalue weighted by Gasteiger charge is 2.46. The summed E-state index contributed by atoms with van der Waals surface area (Å²) in [6, 6.07) is 0. The molecule has 0 amide bonds. The highest BCUT2D eigenvalue weighted by Crippen LogP contribution is 2.45. The van der Waals surface area contributed by atoms with Crippen LogP contribution in [-0.2, 0) is 14.2 Å². The van der Waals surface area contributed by atoms with Crippen molar-refractivity contribution < 1.29 is 14.2 Å². The standard InChI is InChI=1S/C19H38O3/c1-6-7-8-9-10-11-15-18(17-14-12-13-16(17)2)19(20-3,21-4)22-5/h16-18H,6-15H2,1-5H3. The molecule has 1 aliphatic carbocycles. The molecule has 0 aromatic carbocycles. The van der Waals surface area contributed by atoms with Gasteiger partial charge in [0.1, 0.15) is 0 Å². The number of methoxy groups -OCH3 is 3. The van der Waals surface area contributed by atoms with Crippen LogP contribution in [0.4, 0.5) is 0 Å². The number of hydrogen-bond donors (Lipinski definition) is 0. The third-order valence-corrected chi connectivity index (χ3v) is 5.62. The fourth-order valence-corrected chi connectivity index (χ4v) is 4.27. The molecule has 0 saturated heterocycles. The van der Waals surface area contributed by atoms with Crippen LogP contribution in [0.15, 0.2) is 0 Å². The van der Waals surface area contributed by atoms with Gasteiger partial charge in [0, 0.05) is 27.2 Å². The van der Waals surface area contributed by atoms with Gasteiger partial charge in [-0.05, 0) is 24.7 Å². The van der Waals surface area contributed by atoms with E-state index in [1.807, 2.05) is 0 Å². The topological polar surface area (TPSA) is 27.7 Å². The van der Waals surface area contributed by atoms with E-state index >= 15 is 0 Å². The number of rotatable bonds is 12. The van der Waals surface area contributed by atoms with Crippen molar-refractivity contribution in [1.29, 1.82) is 0 Å². The van der Waals surface area contributed by atoms with Crippen molar-refractivity contribution in [1.82, 2.24) is 0 Å². The molecule has 3 heteroatoms. The normalized spacial score (nSPS) is 23.9. The number of hydrogen-bond acceptors (Lipinski definition) is 3. The Morgan fingerprint density at radius 1 is 0.909 bits per heavy atom. The van der Waals surface area contributed by atoms with Gasteiger partial charge in [0.25, 0.3) is 5.97 Å². The van der Waals surface area contributed by atoms with E-state index in [4.69, 9.17) is 14.2 Å². The fraction of sp³-hybridized carbons (Fsp3) is 1.00. The minimum atomic E-state index is -0.868. The lowest BCUT2D eigenvalue weighted by molar-refractivity contribution is -0.387. The largest absolute Gasteiger partial charge is 0.331 e. The van der Waals surface area contributed by atoms with Gasteiger partial charge in [-0.3, -0.25) is 0 Å². The van der Waals surface area contributed by atoms with Crippen LogP contribution < -0.4 is 0 Å². The molecule has 0 N–H and O–H groups in total. The van der Waals surface area contributed by atoms with Gasteiger partial charge in [0.05, 0.1) is 0 Å². The van der Waals surface area contributed by atoms with Gasteiger partial charge in [-0.15, -0.1) is 0 Å². The van der Waals surface area contributed by atoms with Crippen LogP contribution in [0.3, 0.4) is 0 Å². The smallest absolute Gasteiger partial charge is 0.285 e. The molecule has 0 spiro atoms. The first-order chi connectivity index (χ1) is 10.6. The van der Waals surface area contributed by atoms with E-state index in [9.17, 15) is 0 Å². The summed E-state index contributed by atoms with van der Waals surface area (Å²) in [4.78, 5) is 0. The lowest BCUT2D eigenvalue weighted by Gasteiger charge is -2.41. The van der Waals surface area contributed by atoms with Crippen molar-refractivity contribution in [2.75, 3.05) is 21.3 Å². The van der Waals surface area contributed by atoms with Crippen molar-refractivity contribution in [2.45, 2.75) is 84.0 Å². The van der Waals surface area contributed by atoms with Crippen molar-refractivity contribution in [3.63, 3.8) is 0 Å². The summed E-state index contributed by atoms with van der Waals surface area (Å²) in [7, 11) is 5.13. The molecule has 1 rings (SSSR count). The van der Waals surface area contributed by atoms with E-state index in [1.54, 1.807) is 21.3 Å². The van der Waals surface area contributed by atoms with Crippen molar-refractivity contribution in [3.05, 3.63) is 0 Å². The van der Waals surface area contributed by atoms with Gasteiger partial charge in [-0.1, -0.05) is 65.2 Å². The van der Waals surface area contributed by atoms with Crippen LogP contribution in [0.1, 0.15) is 78.1 Å². The number of unbranched alkanes of at least 4 members (excludes halogenated alkanes) is 5. The van der Waals surface area contributed by atoms with Gasteiger partial charge < -0.3 is 14.2 Å². The number of ether oxygens (including phenoxy) is 3. The van der Waals surface area contributed by atoms with Crippen LogP contribution in [0.5, 0.6) is 0 Å². The molecule has 1 fully saturated rings. The molecule has 3 unspecified atom stereocenters. The molecule has 0 aliphatic heterocycles. The van der Waals surface area contributed by atoms with Gasteiger partial charge in [0.2, 0.25) is 0 Å². The first-order valence-electron chi connectivity index (χ1n) is 9.30. The van der Waals surface area contributed by atoms with Gasteiger partial charge in [0.15, 0.2) is 0 Å². The first-order valence-corrected chi connectivity index (χ1v) is 9.30. The molecule has 1 saturated carbocycles. The Balaban J connectivity index is 2.62. The van der Waals surface area contributed by atoms with Gasteiger partial charge >= 0.3 is 0 Å². The second-order valence-electron chi connectivity index (χ2n) is 6.95. The predicted octanol–water partition coefficient (Wildman–Crippen LogP) is 5.38. The van der Waals surface area contributed by atoms with Crippen LogP contribution >= 0.6 is 0 Å². The Hall–Kier alpha value is -0.120. The van der Waals surface area contributed by atoms with E-state index in [0.717, 1.165) is 12.3 Å². The van der Waals surface area contributed by atoms with E-state index in [0.29, 0.717) is 11.8 Å². The van der Waals surface area contributed by atoms with Gasteiger partial charge in [-0.25, -0.2) is 0 Å². The van der Waals surface area contributed by atoms with E-state index in [1.165, 1.54) is 57.8 Å². The maximum atomic E-state index is 5.71. The lowest BCUT2D eigenvalue weighted by Crippen LogP contribution is -2.47. The highest BCUT2D eigenvalue weighted by molar-refractivity contribution is 4.85. The summed E-state index contributed by atoms with van der Waals surface area (Å²) in [5.74, 6) is 0.851. The fourth-order valence-electron chi connectivity index (χ4n) is 4.27. The molecule has 22 heavy (non-hydrogen) atoms.